The number of alkyl halides is 3. The molecule has 8 heteroatoms. The third kappa shape index (κ3) is 2.61. The van der Waals surface area contributed by atoms with E-state index in [4.69, 9.17) is 0 Å². The van der Waals surface area contributed by atoms with Gasteiger partial charge in [-0.15, -0.1) is 0 Å². The maximum atomic E-state index is 13.1. The molecule has 0 bridgehead atoms. The van der Waals surface area contributed by atoms with Gasteiger partial charge in [-0.2, -0.15) is 27.8 Å². The molecule has 0 aliphatic heterocycles. The van der Waals surface area contributed by atoms with Gasteiger partial charge >= 0.3 is 6.18 Å². The standard InChI is InChI=1S/C17H16F3N5/c1-16(2)8-12(10-5-3-4-6-11(10)16)23-14-7-13(17(18,19)20)24-15-21-9-22-25(14)15/h3-7,9,12,23H,8H2,1-2H3. The van der Waals surface area contributed by atoms with Crippen LogP contribution >= 0.6 is 0 Å². The van der Waals surface area contributed by atoms with Crippen molar-refractivity contribution in [3.63, 3.8) is 0 Å². The number of anilines is 1. The van der Waals surface area contributed by atoms with E-state index < -0.39 is 11.9 Å². The third-order valence-corrected chi connectivity index (χ3v) is 4.64. The highest BCUT2D eigenvalue weighted by molar-refractivity contribution is 5.51. The van der Waals surface area contributed by atoms with E-state index in [1.54, 1.807) is 0 Å². The van der Waals surface area contributed by atoms with E-state index in [9.17, 15) is 13.2 Å². The van der Waals surface area contributed by atoms with E-state index in [1.807, 2.05) is 18.2 Å². The number of nitrogens with one attached hydrogen (secondary N) is 1. The minimum absolute atomic E-state index is 0.0599. The predicted octanol–water partition coefficient (Wildman–Crippen LogP) is 3.98. The normalized spacial score (nSPS) is 19.2. The molecule has 0 saturated carbocycles. The minimum Gasteiger partial charge on any atom is -0.363 e. The number of nitrogens with zero attached hydrogens (tertiary/aromatic N) is 4. The van der Waals surface area contributed by atoms with Crippen LogP contribution in [-0.4, -0.2) is 19.6 Å². The number of hydrogen-bond donors (Lipinski definition) is 1. The SMILES string of the molecule is CC1(C)CC(Nc2cc(C(F)(F)F)nc3ncnn23)c2ccccc21. The van der Waals surface area contributed by atoms with Crippen molar-refractivity contribution in [2.45, 2.75) is 37.9 Å². The van der Waals surface area contributed by atoms with Crippen LogP contribution in [0, 0.1) is 0 Å². The number of rotatable bonds is 2. The molecule has 2 heterocycles. The molecule has 2 aromatic heterocycles. The van der Waals surface area contributed by atoms with Gasteiger partial charge in [-0.1, -0.05) is 38.1 Å². The van der Waals surface area contributed by atoms with E-state index in [-0.39, 0.29) is 23.1 Å². The molecule has 3 aromatic rings. The van der Waals surface area contributed by atoms with Gasteiger partial charge < -0.3 is 5.32 Å². The summed E-state index contributed by atoms with van der Waals surface area (Å²) in [4.78, 5) is 7.34. The molecule has 1 aliphatic rings. The molecule has 1 aromatic carbocycles. The largest absolute Gasteiger partial charge is 0.433 e. The first kappa shape index (κ1) is 15.9. The lowest BCUT2D eigenvalue weighted by Crippen LogP contribution is -2.17. The lowest BCUT2D eigenvalue weighted by Gasteiger charge is -2.20. The molecule has 130 valence electrons. The van der Waals surface area contributed by atoms with Crippen LogP contribution in [0.25, 0.3) is 5.78 Å². The zero-order valence-electron chi connectivity index (χ0n) is 13.7. The topological polar surface area (TPSA) is 55.1 Å². The molecule has 0 amide bonds. The van der Waals surface area contributed by atoms with E-state index in [2.05, 4.69) is 40.3 Å². The van der Waals surface area contributed by atoms with Crippen molar-refractivity contribution in [1.82, 2.24) is 19.6 Å². The molecule has 0 saturated heterocycles. The number of fused-ring (bicyclic) bond motifs is 2. The second-order valence-electron chi connectivity index (χ2n) is 6.87. The highest BCUT2D eigenvalue weighted by Gasteiger charge is 2.38. The van der Waals surface area contributed by atoms with Crippen molar-refractivity contribution in [2.75, 3.05) is 5.32 Å². The molecule has 4 rings (SSSR count). The van der Waals surface area contributed by atoms with Crippen LogP contribution in [0.5, 0.6) is 0 Å². The molecule has 1 atom stereocenters. The molecule has 25 heavy (non-hydrogen) atoms. The average Bonchev–Trinajstić information content (AvgIpc) is 3.10. The molecule has 1 unspecified atom stereocenters. The molecule has 0 radical (unpaired) electrons. The smallest absolute Gasteiger partial charge is 0.363 e. The lowest BCUT2D eigenvalue weighted by atomic mass is 9.86. The summed E-state index contributed by atoms with van der Waals surface area (Å²) in [6, 6.07) is 8.86. The Morgan fingerprint density at radius 2 is 2.00 bits per heavy atom. The predicted molar refractivity (Wildman–Crippen MR) is 86.2 cm³/mol. The van der Waals surface area contributed by atoms with Gasteiger partial charge in [0.1, 0.15) is 12.1 Å². The van der Waals surface area contributed by atoms with Gasteiger partial charge in [0, 0.05) is 6.07 Å². The first-order valence-corrected chi connectivity index (χ1v) is 7.90. The Balaban J connectivity index is 1.78. The molecule has 1 N–H and O–H groups in total. The van der Waals surface area contributed by atoms with Crippen LogP contribution in [-0.2, 0) is 11.6 Å². The van der Waals surface area contributed by atoms with Crippen molar-refractivity contribution >= 4 is 11.6 Å². The summed E-state index contributed by atoms with van der Waals surface area (Å²) < 4.78 is 40.7. The molecule has 1 aliphatic carbocycles. The van der Waals surface area contributed by atoms with Crippen molar-refractivity contribution in [3.05, 3.63) is 53.5 Å². The van der Waals surface area contributed by atoms with Crippen molar-refractivity contribution in [2.24, 2.45) is 0 Å². The van der Waals surface area contributed by atoms with Gasteiger partial charge in [0.25, 0.3) is 5.78 Å². The summed E-state index contributed by atoms with van der Waals surface area (Å²) in [6.07, 6.45) is -2.58. The Morgan fingerprint density at radius 3 is 2.76 bits per heavy atom. The fourth-order valence-electron chi connectivity index (χ4n) is 3.51. The van der Waals surface area contributed by atoms with Crippen molar-refractivity contribution in [1.29, 1.82) is 0 Å². The average molecular weight is 347 g/mol. The maximum Gasteiger partial charge on any atom is 0.433 e. The van der Waals surface area contributed by atoms with Gasteiger partial charge in [0.2, 0.25) is 0 Å². The first-order valence-electron chi connectivity index (χ1n) is 7.90. The Kier molecular flexibility index (Phi) is 3.28. The number of hydrogen-bond acceptors (Lipinski definition) is 4. The molecule has 5 nitrogen and oxygen atoms in total. The zero-order valence-corrected chi connectivity index (χ0v) is 13.7. The Bertz CT molecular complexity index is 945. The van der Waals surface area contributed by atoms with E-state index in [0.29, 0.717) is 0 Å². The summed E-state index contributed by atoms with van der Waals surface area (Å²) in [6.45, 7) is 4.26. The van der Waals surface area contributed by atoms with Crippen molar-refractivity contribution in [3.8, 4) is 0 Å². The number of aromatic nitrogens is 4. The fraction of sp³-hybridized carbons (Fsp3) is 0.353. The summed E-state index contributed by atoms with van der Waals surface area (Å²) >= 11 is 0. The van der Waals surface area contributed by atoms with E-state index in [0.717, 1.165) is 18.1 Å². The first-order chi connectivity index (χ1) is 11.8. The third-order valence-electron chi connectivity index (χ3n) is 4.64. The van der Waals surface area contributed by atoms with Gasteiger partial charge in [-0.3, -0.25) is 0 Å². The Hall–Kier alpha value is -2.64. The summed E-state index contributed by atoms with van der Waals surface area (Å²) in [5.74, 6) is 0.148. The van der Waals surface area contributed by atoms with Crippen LogP contribution in [0.4, 0.5) is 19.0 Å². The van der Waals surface area contributed by atoms with Gasteiger partial charge in [-0.25, -0.2) is 4.98 Å². The summed E-state index contributed by atoms with van der Waals surface area (Å²) in [5, 5.41) is 7.20. The monoisotopic (exact) mass is 347 g/mol. The number of halogens is 3. The highest BCUT2D eigenvalue weighted by Crippen LogP contribution is 2.45. The van der Waals surface area contributed by atoms with Gasteiger partial charge in [-0.05, 0) is 23.0 Å². The van der Waals surface area contributed by atoms with Crippen LogP contribution < -0.4 is 5.32 Å². The second-order valence-corrected chi connectivity index (χ2v) is 6.87. The van der Waals surface area contributed by atoms with Crippen LogP contribution in [0.3, 0.4) is 0 Å². The molecule has 0 fully saturated rings. The molecular weight excluding hydrogens is 331 g/mol. The van der Waals surface area contributed by atoms with E-state index >= 15 is 0 Å². The fourth-order valence-corrected chi connectivity index (χ4v) is 3.51. The molecular formula is C17H16F3N5. The van der Waals surface area contributed by atoms with Crippen LogP contribution in [0.2, 0.25) is 0 Å². The Morgan fingerprint density at radius 1 is 1.24 bits per heavy atom. The molecule has 0 spiro atoms. The summed E-state index contributed by atoms with van der Waals surface area (Å²) in [7, 11) is 0. The maximum absolute atomic E-state index is 13.1. The van der Waals surface area contributed by atoms with E-state index in [1.165, 1.54) is 16.4 Å². The van der Waals surface area contributed by atoms with Crippen molar-refractivity contribution < 1.29 is 13.2 Å². The minimum atomic E-state index is -4.54. The lowest BCUT2D eigenvalue weighted by molar-refractivity contribution is -0.141. The number of benzene rings is 1. The summed E-state index contributed by atoms with van der Waals surface area (Å²) in [5.41, 5.74) is 1.25. The van der Waals surface area contributed by atoms with Crippen LogP contribution in [0.15, 0.2) is 36.7 Å². The highest BCUT2D eigenvalue weighted by atomic mass is 19.4. The quantitative estimate of drug-likeness (QED) is 0.762. The van der Waals surface area contributed by atoms with Gasteiger partial charge in [0.05, 0.1) is 6.04 Å². The Labute approximate surface area is 141 Å². The zero-order chi connectivity index (χ0) is 17.8. The van der Waals surface area contributed by atoms with Gasteiger partial charge in [0.15, 0.2) is 5.69 Å². The second kappa shape index (κ2) is 5.18. The van der Waals surface area contributed by atoms with Crippen LogP contribution in [0.1, 0.15) is 43.1 Å².